The fraction of sp³-hybridized carbons (Fsp3) is 0.522. The molecular formula is C23H32ClIN4O2. The van der Waals surface area contributed by atoms with Crippen molar-refractivity contribution in [2.24, 2.45) is 10.9 Å². The molecule has 2 aliphatic rings. The Morgan fingerprint density at radius 1 is 1.19 bits per heavy atom. The number of anilines is 1. The van der Waals surface area contributed by atoms with Crippen molar-refractivity contribution >= 4 is 47.2 Å². The van der Waals surface area contributed by atoms with E-state index in [1.807, 2.05) is 30.3 Å². The zero-order valence-corrected chi connectivity index (χ0v) is 20.9. The van der Waals surface area contributed by atoms with Gasteiger partial charge in [-0.3, -0.25) is 4.99 Å². The van der Waals surface area contributed by atoms with Crippen LogP contribution in [0.15, 0.2) is 52.1 Å². The number of hydrogen-bond acceptors (Lipinski definition) is 4. The maximum atomic E-state index is 6.43. The number of rotatable bonds is 7. The maximum absolute atomic E-state index is 6.43. The number of halogens is 2. The molecule has 31 heavy (non-hydrogen) atoms. The lowest BCUT2D eigenvalue weighted by Gasteiger charge is -2.36. The van der Waals surface area contributed by atoms with E-state index in [9.17, 15) is 0 Å². The highest BCUT2D eigenvalue weighted by Crippen LogP contribution is 2.27. The number of piperidine rings is 1. The summed E-state index contributed by atoms with van der Waals surface area (Å²) in [5.41, 5.74) is 1.11. The summed E-state index contributed by atoms with van der Waals surface area (Å²) in [7, 11) is 0. The lowest BCUT2D eigenvalue weighted by Crippen LogP contribution is -2.51. The van der Waals surface area contributed by atoms with E-state index in [0.717, 1.165) is 87.5 Å². The van der Waals surface area contributed by atoms with E-state index < -0.39 is 0 Å². The Balaban J connectivity index is 0.00000272. The van der Waals surface area contributed by atoms with Gasteiger partial charge in [0.15, 0.2) is 5.96 Å². The van der Waals surface area contributed by atoms with Crippen LogP contribution in [0.5, 0.6) is 0 Å². The molecule has 2 unspecified atom stereocenters. The molecule has 0 radical (unpaired) electrons. The van der Waals surface area contributed by atoms with Crippen LogP contribution in [0.25, 0.3) is 0 Å². The molecule has 2 fully saturated rings. The van der Waals surface area contributed by atoms with Crippen LogP contribution in [0.1, 0.15) is 25.0 Å². The van der Waals surface area contributed by atoms with Gasteiger partial charge >= 0.3 is 0 Å². The molecule has 0 aliphatic carbocycles. The number of guanidine groups is 1. The lowest BCUT2D eigenvalue weighted by molar-refractivity contribution is 0.187. The summed E-state index contributed by atoms with van der Waals surface area (Å²) in [4.78, 5) is 7.24. The largest absolute Gasteiger partial charge is 0.469 e. The minimum atomic E-state index is 0. The van der Waals surface area contributed by atoms with Gasteiger partial charge in [0.1, 0.15) is 5.76 Å². The summed E-state index contributed by atoms with van der Waals surface area (Å²) in [6.45, 7) is 5.17. The van der Waals surface area contributed by atoms with Gasteiger partial charge in [0.05, 0.1) is 23.6 Å². The number of para-hydroxylation sites is 1. The molecule has 8 heteroatoms. The van der Waals surface area contributed by atoms with Gasteiger partial charge in [-0.05, 0) is 43.5 Å². The van der Waals surface area contributed by atoms with Crippen molar-refractivity contribution in [3.05, 3.63) is 53.4 Å². The Morgan fingerprint density at radius 2 is 2.10 bits per heavy atom. The minimum absolute atomic E-state index is 0. The zero-order valence-electron chi connectivity index (χ0n) is 17.8. The van der Waals surface area contributed by atoms with Gasteiger partial charge in [-0.2, -0.15) is 0 Å². The fourth-order valence-electron chi connectivity index (χ4n) is 4.07. The van der Waals surface area contributed by atoms with E-state index in [1.165, 1.54) is 0 Å². The number of ether oxygens (including phenoxy) is 1. The topological polar surface area (TPSA) is 62.0 Å². The predicted molar refractivity (Wildman–Crippen MR) is 137 cm³/mol. The number of nitrogens with zero attached hydrogens (tertiary/aromatic N) is 2. The number of nitrogens with one attached hydrogen (secondary N) is 2. The second-order valence-corrected chi connectivity index (χ2v) is 8.46. The Bertz CT molecular complexity index is 812. The van der Waals surface area contributed by atoms with Gasteiger partial charge in [-0.1, -0.05) is 23.7 Å². The van der Waals surface area contributed by atoms with Gasteiger partial charge in [0.2, 0.25) is 0 Å². The van der Waals surface area contributed by atoms with Crippen LogP contribution < -0.4 is 15.5 Å². The van der Waals surface area contributed by atoms with Crippen LogP contribution in [0, 0.1) is 5.92 Å². The highest BCUT2D eigenvalue weighted by atomic mass is 127. The monoisotopic (exact) mass is 558 g/mol. The van der Waals surface area contributed by atoms with E-state index >= 15 is 0 Å². The van der Waals surface area contributed by atoms with Crippen LogP contribution in [-0.4, -0.2) is 51.4 Å². The zero-order chi connectivity index (χ0) is 20.6. The van der Waals surface area contributed by atoms with Gasteiger partial charge < -0.3 is 24.7 Å². The molecule has 2 N–H and O–H groups in total. The van der Waals surface area contributed by atoms with E-state index in [2.05, 4.69) is 21.6 Å². The maximum Gasteiger partial charge on any atom is 0.191 e. The van der Waals surface area contributed by atoms with E-state index in [4.69, 9.17) is 25.7 Å². The second-order valence-electron chi connectivity index (χ2n) is 8.06. The normalized spacial score (nSPS) is 21.6. The van der Waals surface area contributed by atoms with Crippen molar-refractivity contribution < 1.29 is 9.15 Å². The molecule has 0 spiro atoms. The van der Waals surface area contributed by atoms with Crippen LogP contribution in [-0.2, 0) is 11.2 Å². The molecule has 0 bridgehead atoms. The summed E-state index contributed by atoms with van der Waals surface area (Å²) in [6, 6.07) is 12.3. The molecule has 2 aliphatic heterocycles. The molecule has 3 heterocycles. The van der Waals surface area contributed by atoms with Crippen LogP contribution in [0.4, 0.5) is 5.69 Å². The summed E-state index contributed by atoms with van der Waals surface area (Å²) in [5, 5.41) is 7.96. The van der Waals surface area contributed by atoms with Gasteiger partial charge in [-0.25, -0.2) is 0 Å². The first-order valence-electron chi connectivity index (χ1n) is 10.9. The first-order valence-corrected chi connectivity index (χ1v) is 11.3. The highest BCUT2D eigenvalue weighted by molar-refractivity contribution is 14.0. The Kier molecular flexibility index (Phi) is 9.80. The third-order valence-electron chi connectivity index (χ3n) is 5.73. The standard InChI is InChI=1S/C23H31ClN4O2.HI/c24-21-7-1-2-8-22(21)28-12-3-5-19(16-28)27-23(26-15-18-10-14-29-17-18)25-11-9-20-6-4-13-30-20;/h1-2,4,6-8,13,18-19H,3,5,9-12,14-17H2,(H2,25,26,27);1H. The summed E-state index contributed by atoms with van der Waals surface area (Å²) >= 11 is 6.43. The SMILES string of the molecule is Clc1ccccc1N1CCCC(NC(=NCC2CCOC2)NCCc2ccco2)C1.I. The molecule has 170 valence electrons. The Morgan fingerprint density at radius 3 is 2.87 bits per heavy atom. The molecular weight excluding hydrogens is 527 g/mol. The van der Waals surface area contributed by atoms with Gasteiger partial charge in [0.25, 0.3) is 0 Å². The first-order chi connectivity index (χ1) is 14.8. The van der Waals surface area contributed by atoms with Crippen LogP contribution in [0.3, 0.4) is 0 Å². The van der Waals surface area contributed by atoms with Crippen molar-refractivity contribution in [3.8, 4) is 0 Å². The number of aliphatic imine (C=N–C) groups is 1. The Hall–Kier alpha value is -1.45. The molecule has 4 rings (SSSR count). The third kappa shape index (κ3) is 7.29. The van der Waals surface area contributed by atoms with E-state index in [1.54, 1.807) is 6.26 Å². The van der Waals surface area contributed by atoms with Crippen molar-refractivity contribution in [1.29, 1.82) is 0 Å². The molecule has 6 nitrogen and oxygen atoms in total. The molecule has 2 atom stereocenters. The van der Waals surface area contributed by atoms with Crippen molar-refractivity contribution in [1.82, 2.24) is 10.6 Å². The molecule has 2 saturated heterocycles. The molecule has 1 aromatic carbocycles. The number of furan rings is 1. The fourth-order valence-corrected chi connectivity index (χ4v) is 4.33. The minimum Gasteiger partial charge on any atom is -0.469 e. The smallest absolute Gasteiger partial charge is 0.191 e. The number of hydrogen-bond donors (Lipinski definition) is 2. The average Bonchev–Trinajstić information content (AvgIpc) is 3.47. The lowest BCUT2D eigenvalue weighted by atomic mass is 10.0. The Labute approximate surface area is 206 Å². The predicted octanol–water partition coefficient (Wildman–Crippen LogP) is 4.33. The average molecular weight is 559 g/mol. The van der Waals surface area contributed by atoms with E-state index in [0.29, 0.717) is 12.0 Å². The quantitative estimate of drug-likeness (QED) is 0.301. The molecule has 2 aromatic rings. The van der Waals surface area contributed by atoms with Crippen molar-refractivity contribution in [2.45, 2.75) is 31.7 Å². The molecule has 0 amide bonds. The first kappa shape index (κ1) is 24.2. The third-order valence-corrected chi connectivity index (χ3v) is 6.05. The van der Waals surface area contributed by atoms with E-state index in [-0.39, 0.29) is 24.0 Å². The van der Waals surface area contributed by atoms with Crippen molar-refractivity contribution in [3.63, 3.8) is 0 Å². The van der Waals surface area contributed by atoms with Gasteiger partial charge in [0, 0.05) is 51.2 Å². The molecule has 1 aromatic heterocycles. The van der Waals surface area contributed by atoms with Crippen molar-refractivity contribution in [2.75, 3.05) is 44.3 Å². The molecule has 0 saturated carbocycles. The number of benzene rings is 1. The highest BCUT2D eigenvalue weighted by Gasteiger charge is 2.23. The summed E-state index contributed by atoms with van der Waals surface area (Å²) < 4.78 is 10.9. The van der Waals surface area contributed by atoms with Gasteiger partial charge in [-0.15, -0.1) is 24.0 Å². The van der Waals surface area contributed by atoms with Crippen LogP contribution in [0.2, 0.25) is 5.02 Å². The summed E-state index contributed by atoms with van der Waals surface area (Å²) in [5.74, 6) is 2.37. The van der Waals surface area contributed by atoms with Crippen LogP contribution >= 0.6 is 35.6 Å². The second kappa shape index (κ2) is 12.6. The summed E-state index contributed by atoms with van der Waals surface area (Å²) in [6.07, 6.45) is 5.88.